The lowest BCUT2D eigenvalue weighted by Gasteiger charge is -2.14. The molecule has 20 heavy (non-hydrogen) atoms. The molecule has 0 aliphatic carbocycles. The lowest BCUT2D eigenvalue weighted by atomic mass is 10.1. The highest BCUT2D eigenvalue weighted by atomic mass is 79.9. The van der Waals surface area contributed by atoms with Crippen molar-refractivity contribution in [1.82, 2.24) is 0 Å². The third-order valence-electron chi connectivity index (χ3n) is 3.14. The lowest BCUT2D eigenvalue weighted by molar-refractivity contribution is 0.191. The van der Waals surface area contributed by atoms with Gasteiger partial charge in [-0.25, -0.2) is 0 Å². The van der Waals surface area contributed by atoms with Gasteiger partial charge in [-0.05, 0) is 48.4 Å². The number of anilines is 1. The Balaban J connectivity index is 2.00. The second kappa shape index (κ2) is 6.77. The number of ether oxygens (including phenoxy) is 1. The first-order valence-electron chi connectivity index (χ1n) is 6.42. The minimum atomic E-state index is -0.575. The summed E-state index contributed by atoms with van der Waals surface area (Å²) in [5.74, 6) is 0.751. The monoisotopic (exact) mass is 335 g/mol. The van der Waals surface area contributed by atoms with E-state index in [1.807, 2.05) is 49.4 Å². The quantitative estimate of drug-likeness (QED) is 0.870. The van der Waals surface area contributed by atoms with Crippen molar-refractivity contribution in [2.75, 3.05) is 19.0 Å². The van der Waals surface area contributed by atoms with Crippen molar-refractivity contribution in [3.63, 3.8) is 0 Å². The van der Waals surface area contributed by atoms with Crippen LogP contribution in [0.5, 0.6) is 5.75 Å². The number of rotatable bonds is 5. The first-order chi connectivity index (χ1) is 9.60. The number of hydrogen-bond acceptors (Lipinski definition) is 3. The van der Waals surface area contributed by atoms with Crippen LogP contribution < -0.4 is 10.1 Å². The number of aliphatic hydroxyl groups is 1. The summed E-state index contributed by atoms with van der Waals surface area (Å²) in [5.41, 5.74) is 2.99. The average molecular weight is 336 g/mol. The summed E-state index contributed by atoms with van der Waals surface area (Å²) >= 11 is 3.47. The fourth-order valence-corrected chi connectivity index (χ4v) is 2.18. The fourth-order valence-electron chi connectivity index (χ4n) is 1.94. The van der Waals surface area contributed by atoms with E-state index < -0.39 is 6.10 Å². The summed E-state index contributed by atoms with van der Waals surface area (Å²) in [6.07, 6.45) is -0.575. The topological polar surface area (TPSA) is 41.5 Å². The van der Waals surface area contributed by atoms with Crippen molar-refractivity contribution in [2.24, 2.45) is 0 Å². The van der Waals surface area contributed by atoms with Gasteiger partial charge in [0, 0.05) is 16.7 Å². The highest BCUT2D eigenvalue weighted by Crippen LogP contribution is 2.22. The zero-order valence-corrected chi connectivity index (χ0v) is 13.1. The number of halogens is 1. The maximum Gasteiger partial charge on any atom is 0.119 e. The van der Waals surface area contributed by atoms with Crippen LogP contribution in [0, 0.1) is 6.92 Å². The molecule has 0 heterocycles. The Bertz CT molecular complexity index is 586. The molecule has 2 aromatic rings. The van der Waals surface area contributed by atoms with Crippen molar-refractivity contribution >= 4 is 21.6 Å². The SMILES string of the molecule is COc1cccc(C(O)CNc2ccc(Br)c(C)c2)c1. The molecule has 0 amide bonds. The summed E-state index contributed by atoms with van der Waals surface area (Å²) in [5, 5.41) is 13.4. The summed E-state index contributed by atoms with van der Waals surface area (Å²) in [6, 6.07) is 13.5. The minimum absolute atomic E-state index is 0.453. The third-order valence-corrected chi connectivity index (χ3v) is 4.03. The van der Waals surface area contributed by atoms with Gasteiger partial charge in [0.25, 0.3) is 0 Å². The van der Waals surface area contributed by atoms with Gasteiger partial charge in [-0.3, -0.25) is 0 Å². The maximum atomic E-state index is 10.2. The molecule has 2 N–H and O–H groups in total. The number of aliphatic hydroxyl groups excluding tert-OH is 1. The molecule has 3 nitrogen and oxygen atoms in total. The van der Waals surface area contributed by atoms with Crippen LogP contribution >= 0.6 is 15.9 Å². The number of aryl methyl sites for hydroxylation is 1. The van der Waals surface area contributed by atoms with Gasteiger partial charge in [-0.2, -0.15) is 0 Å². The van der Waals surface area contributed by atoms with Crippen molar-refractivity contribution in [3.05, 3.63) is 58.1 Å². The molecule has 0 aliphatic rings. The zero-order valence-electron chi connectivity index (χ0n) is 11.6. The van der Waals surface area contributed by atoms with Gasteiger partial charge >= 0.3 is 0 Å². The largest absolute Gasteiger partial charge is 0.497 e. The Labute approximate surface area is 127 Å². The van der Waals surface area contributed by atoms with E-state index in [0.717, 1.165) is 27.0 Å². The second-order valence-corrected chi connectivity index (χ2v) is 5.49. The Morgan fingerprint density at radius 2 is 2.05 bits per heavy atom. The van der Waals surface area contributed by atoms with Gasteiger partial charge in [0.1, 0.15) is 5.75 Å². The van der Waals surface area contributed by atoms with E-state index in [1.54, 1.807) is 7.11 Å². The molecule has 0 aromatic heterocycles. The van der Waals surface area contributed by atoms with Crippen molar-refractivity contribution in [3.8, 4) is 5.75 Å². The van der Waals surface area contributed by atoms with Gasteiger partial charge < -0.3 is 15.2 Å². The molecule has 2 aromatic carbocycles. The highest BCUT2D eigenvalue weighted by molar-refractivity contribution is 9.10. The molecular formula is C16H18BrNO2. The third kappa shape index (κ3) is 3.74. The van der Waals surface area contributed by atoms with Crippen LogP contribution in [0.15, 0.2) is 46.9 Å². The first kappa shape index (κ1) is 14.9. The van der Waals surface area contributed by atoms with Crippen LogP contribution in [0.25, 0.3) is 0 Å². The molecule has 0 spiro atoms. The molecule has 2 rings (SSSR count). The summed E-state index contributed by atoms with van der Waals surface area (Å²) < 4.78 is 6.24. The van der Waals surface area contributed by atoms with Gasteiger partial charge in [-0.15, -0.1) is 0 Å². The second-order valence-electron chi connectivity index (χ2n) is 4.64. The normalized spacial score (nSPS) is 12.0. The summed E-state index contributed by atoms with van der Waals surface area (Å²) in [7, 11) is 1.62. The molecule has 0 aliphatic heterocycles. The predicted octanol–water partition coefficient (Wildman–Crippen LogP) is 3.91. The smallest absolute Gasteiger partial charge is 0.119 e. The molecule has 0 saturated carbocycles. The maximum absolute atomic E-state index is 10.2. The molecule has 0 saturated heterocycles. The Morgan fingerprint density at radius 1 is 1.25 bits per heavy atom. The molecule has 0 bridgehead atoms. The number of hydrogen-bond donors (Lipinski definition) is 2. The average Bonchev–Trinajstić information content (AvgIpc) is 2.48. The molecule has 0 fully saturated rings. The van der Waals surface area contributed by atoms with Crippen LogP contribution in [-0.4, -0.2) is 18.8 Å². The van der Waals surface area contributed by atoms with E-state index in [2.05, 4.69) is 21.2 Å². The van der Waals surface area contributed by atoms with Crippen molar-refractivity contribution in [2.45, 2.75) is 13.0 Å². The highest BCUT2D eigenvalue weighted by Gasteiger charge is 2.08. The Hall–Kier alpha value is -1.52. The molecule has 1 unspecified atom stereocenters. The van der Waals surface area contributed by atoms with Crippen LogP contribution in [0.3, 0.4) is 0 Å². The fraction of sp³-hybridized carbons (Fsp3) is 0.250. The van der Waals surface area contributed by atoms with Gasteiger partial charge in [0.05, 0.1) is 13.2 Å². The Kier molecular flexibility index (Phi) is 5.04. The number of benzene rings is 2. The predicted molar refractivity (Wildman–Crippen MR) is 85.3 cm³/mol. The van der Waals surface area contributed by atoms with Crippen molar-refractivity contribution < 1.29 is 9.84 Å². The van der Waals surface area contributed by atoms with E-state index in [0.29, 0.717) is 6.54 Å². The Morgan fingerprint density at radius 3 is 2.75 bits per heavy atom. The molecule has 0 radical (unpaired) electrons. The van der Waals surface area contributed by atoms with E-state index in [9.17, 15) is 5.11 Å². The number of nitrogens with one attached hydrogen (secondary N) is 1. The molecule has 4 heteroatoms. The van der Waals surface area contributed by atoms with Crippen LogP contribution in [0.2, 0.25) is 0 Å². The van der Waals surface area contributed by atoms with Gasteiger partial charge in [0.15, 0.2) is 0 Å². The zero-order chi connectivity index (χ0) is 14.5. The van der Waals surface area contributed by atoms with Gasteiger partial charge in [0.2, 0.25) is 0 Å². The van der Waals surface area contributed by atoms with E-state index in [4.69, 9.17) is 4.74 Å². The minimum Gasteiger partial charge on any atom is -0.497 e. The molecule has 106 valence electrons. The van der Waals surface area contributed by atoms with Crippen LogP contribution in [0.1, 0.15) is 17.2 Å². The molecule has 1 atom stereocenters. The van der Waals surface area contributed by atoms with Crippen LogP contribution in [0.4, 0.5) is 5.69 Å². The standard InChI is InChI=1S/C16H18BrNO2/c1-11-8-13(6-7-15(11)17)18-10-16(19)12-4-3-5-14(9-12)20-2/h3-9,16,18-19H,10H2,1-2H3. The summed E-state index contributed by atoms with van der Waals surface area (Å²) in [4.78, 5) is 0. The van der Waals surface area contributed by atoms with E-state index in [1.165, 1.54) is 0 Å². The number of methoxy groups -OCH3 is 1. The van der Waals surface area contributed by atoms with Crippen LogP contribution in [-0.2, 0) is 0 Å². The lowest BCUT2D eigenvalue weighted by Crippen LogP contribution is -2.12. The summed E-state index contributed by atoms with van der Waals surface area (Å²) in [6.45, 7) is 2.49. The molecular weight excluding hydrogens is 318 g/mol. The van der Waals surface area contributed by atoms with E-state index in [-0.39, 0.29) is 0 Å². The van der Waals surface area contributed by atoms with Gasteiger partial charge in [-0.1, -0.05) is 28.1 Å². The first-order valence-corrected chi connectivity index (χ1v) is 7.21. The van der Waals surface area contributed by atoms with Crippen molar-refractivity contribution in [1.29, 1.82) is 0 Å². The van der Waals surface area contributed by atoms with E-state index >= 15 is 0 Å².